The van der Waals surface area contributed by atoms with Gasteiger partial charge >= 0.3 is 0 Å². The van der Waals surface area contributed by atoms with Crippen molar-refractivity contribution in [2.24, 2.45) is 0 Å². The second-order valence-electron chi connectivity index (χ2n) is 4.47. The maximum atomic E-state index is 12.1. The molecular weight excluding hydrogens is 244 g/mol. The molecule has 0 aromatic carbocycles. The van der Waals surface area contributed by atoms with Crippen LogP contribution in [0.5, 0.6) is 0 Å². The van der Waals surface area contributed by atoms with Gasteiger partial charge in [-0.3, -0.25) is 4.79 Å². The molecule has 18 heavy (non-hydrogen) atoms. The molecule has 4 heteroatoms. The van der Waals surface area contributed by atoms with E-state index in [2.05, 4.69) is 12.2 Å². The molecular formula is C14H20N2OS. The molecule has 0 aliphatic heterocycles. The van der Waals surface area contributed by atoms with Crippen LogP contribution >= 0.6 is 11.3 Å². The molecule has 2 aromatic heterocycles. The smallest absolute Gasteiger partial charge is 0.259 e. The van der Waals surface area contributed by atoms with E-state index >= 15 is 0 Å². The number of aromatic nitrogens is 1. The second-order valence-corrected chi connectivity index (χ2v) is 5.42. The fraction of sp³-hybridized carbons (Fsp3) is 0.500. The van der Waals surface area contributed by atoms with Crippen LogP contribution in [0, 0.1) is 0 Å². The van der Waals surface area contributed by atoms with Crippen LogP contribution in [-0.4, -0.2) is 17.7 Å². The van der Waals surface area contributed by atoms with Gasteiger partial charge in [0.25, 0.3) is 5.56 Å². The maximum Gasteiger partial charge on any atom is 0.259 e. The monoisotopic (exact) mass is 264 g/mol. The Bertz CT molecular complexity index is 544. The van der Waals surface area contributed by atoms with Gasteiger partial charge in [0.15, 0.2) is 0 Å². The lowest BCUT2D eigenvalue weighted by Crippen LogP contribution is -2.27. The minimum Gasteiger partial charge on any atom is -0.315 e. The van der Waals surface area contributed by atoms with Gasteiger partial charge in [-0.05, 0) is 30.5 Å². The fourth-order valence-electron chi connectivity index (χ4n) is 2.01. The first-order chi connectivity index (χ1) is 8.83. The van der Waals surface area contributed by atoms with Crippen molar-refractivity contribution in [3.05, 3.63) is 34.1 Å². The van der Waals surface area contributed by atoms with Gasteiger partial charge in [-0.25, -0.2) is 0 Å². The highest BCUT2D eigenvalue weighted by molar-refractivity contribution is 7.17. The zero-order valence-corrected chi connectivity index (χ0v) is 11.6. The Kier molecular flexibility index (Phi) is 4.96. The van der Waals surface area contributed by atoms with Crippen LogP contribution in [0.15, 0.2) is 28.5 Å². The number of rotatable bonds is 7. The quantitative estimate of drug-likeness (QED) is 0.780. The summed E-state index contributed by atoms with van der Waals surface area (Å²) < 4.78 is 2.87. The summed E-state index contributed by atoms with van der Waals surface area (Å²) in [5.74, 6) is 0. The van der Waals surface area contributed by atoms with Crippen LogP contribution in [0.4, 0.5) is 0 Å². The van der Waals surface area contributed by atoms with Gasteiger partial charge < -0.3 is 9.88 Å². The van der Waals surface area contributed by atoms with E-state index in [-0.39, 0.29) is 5.56 Å². The first-order valence-corrected chi connectivity index (χ1v) is 7.48. The first kappa shape index (κ1) is 13.3. The average Bonchev–Trinajstić information content (AvgIpc) is 2.85. The molecule has 0 atom stereocenters. The van der Waals surface area contributed by atoms with E-state index < -0.39 is 0 Å². The Hall–Kier alpha value is -1.13. The Labute approximate surface area is 111 Å². The van der Waals surface area contributed by atoms with Gasteiger partial charge in [0.1, 0.15) is 0 Å². The van der Waals surface area contributed by atoms with Gasteiger partial charge in [-0.2, -0.15) is 0 Å². The van der Waals surface area contributed by atoms with Crippen molar-refractivity contribution in [1.29, 1.82) is 0 Å². The molecule has 3 nitrogen and oxygen atoms in total. The van der Waals surface area contributed by atoms with Crippen LogP contribution in [0.2, 0.25) is 0 Å². The molecule has 2 rings (SSSR count). The van der Waals surface area contributed by atoms with E-state index in [0.717, 1.165) is 29.7 Å². The molecule has 0 unspecified atom stereocenters. The number of hydrogen-bond donors (Lipinski definition) is 1. The zero-order chi connectivity index (χ0) is 12.8. The van der Waals surface area contributed by atoms with Crippen LogP contribution < -0.4 is 10.9 Å². The van der Waals surface area contributed by atoms with Crippen molar-refractivity contribution < 1.29 is 0 Å². The van der Waals surface area contributed by atoms with Crippen molar-refractivity contribution in [3.63, 3.8) is 0 Å². The molecule has 0 saturated carbocycles. The van der Waals surface area contributed by atoms with Crippen molar-refractivity contribution in [2.75, 3.05) is 13.1 Å². The highest BCUT2D eigenvalue weighted by Crippen LogP contribution is 2.15. The predicted molar refractivity (Wildman–Crippen MR) is 78.5 cm³/mol. The maximum absolute atomic E-state index is 12.1. The van der Waals surface area contributed by atoms with Crippen molar-refractivity contribution in [3.8, 4) is 0 Å². The topological polar surface area (TPSA) is 34.0 Å². The van der Waals surface area contributed by atoms with Gasteiger partial charge in [-0.15, -0.1) is 11.3 Å². The summed E-state index contributed by atoms with van der Waals surface area (Å²) in [6.07, 6.45) is 5.63. The lowest BCUT2D eigenvalue weighted by Gasteiger charge is -2.07. The molecule has 2 heterocycles. The lowest BCUT2D eigenvalue weighted by molar-refractivity contribution is 0.563. The number of thiophene rings is 1. The van der Waals surface area contributed by atoms with E-state index in [1.165, 1.54) is 19.3 Å². The molecule has 0 bridgehead atoms. The van der Waals surface area contributed by atoms with Gasteiger partial charge in [0.05, 0.1) is 5.39 Å². The van der Waals surface area contributed by atoms with E-state index in [9.17, 15) is 4.79 Å². The number of hydrogen-bond acceptors (Lipinski definition) is 3. The summed E-state index contributed by atoms with van der Waals surface area (Å²) in [6.45, 7) is 4.86. The summed E-state index contributed by atoms with van der Waals surface area (Å²) in [7, 11) is 0. The van der Waals surface area contributed by atoms with E-state index in [1.807, 2.05) is 23.7 Å². The number of unbranched alkanes of at least 4 members (excludes halogenated alkanes) is 2. The molecule has 0 amide bonds. The Balaban J connectivity index is 1.88. The van der Waals surface area contributed by atoms with Gasteiger partial charge in [0.2, 0.25) is 0 Å². The number of nitrogens with zero attached hydrogens (tertiary/aromatic N) is 1. The molecule has 0 saturated heterocycles. The molecule has 0 fully saturated rings. The minimum absolute atomic E-state index is 0.129. The van der Waals surface area contributed by atoms with E-state index in [4.69, 9.17) is 0 Å². The van der Waals surface area contributed by atoms with Crippen molar-refractivity contribution >= 4 is 21.4 Å². The first-order valence-electron chi connectivity index (χ1n) is 6.60. The van der Waals surface area contributed by atoms with E-state index in [0.29, 0.717) is 0 Å². The highest BCUT2D eigenvalue weighted by atomic mass is 32.1. The normalized spacial score (nSPS) is 11.2. The fourth-order valence-corrected chi connectivity index (χ4v) is 2.78. The molecule has 0 aliphatic rings. The summed E-state index contributed by atoms with van der Waals surface area (Å²) >= 11 is 1.62. The molecule has 1 N–H and O–H groups in total. The van der Waals surface area contributed by atoms with Crippen molar-refractivity contribution in [1.82, 2.24) is 9.88 Å². The SMILES string of the molecule is CCCCCNCCn1ccc2sccc2c1=O. The number of nitrogens with one attached hydrogen (secondary N) is 1. The summed E-state index contributed by atoms with van der Waals surface area (Å²) in [5.41, 5.74) is 0.129. The summed E-state index contributed by atoms with van der Waals surface area (Å²) in [6, 6.07) is 3.94. The number of pyridine rings is 1. The van der Waals surface area contributed by atoms with E-state index in [1.54, 1.807) is 15.9 Å². The predicted octanol–water partition coefficient (Wildman–Crippen LogP) is 2.84. The van der Waals surface area contributed by atoms with Gasteiger partial charge in [0, 0.05) is 24.0 Å². The van der Waals surface area contributed by atoms with Crippen molar-refractivity contribution in [2.45, 2.75) is 32.7 Å². The third kappa shape index (κ3) is 3.21. The van der Waals surface area contributed by atoms with Crippen LogP contribution in [0.1, 0.15) is 26.2 Å². The highest BCUT2D eigenvalue weighted by Gasteiger charge is 2.02. The standard InChI is InChI=1S/C14H20N2OS/c1-2-3-4-7-15-8-10-16-9-5-13-12(14(16)17)6-11-18-13/h5-6,9,11,15H,2-4,7-8,10H2,1H3. The molecule has 0 spiro atoms. The Morgan fingerprint density at radius 2 is 2.17 bits per heavy atom. The summed E-state index contributed by atoms with van der Waals surface area (Å²) in [5, 5.41) is 6.19. The van der Waals surface area contributed by atoms with Crippen LogP contribution in [-0.2, 0) is 6.54 Å². The lowest BCUT2D eigenvalue weighted by atomic mass is 10.2. The largest absolute Gasteiger partial charge is 0.315 e. The van der Waals surface area contributed by atoms with Gasteiger partial charge in [-0.1, -0.05) is 19.8 Å². The second kappa shape index (κ2) is 6.71. The molecule has 0 aliphatic carbocycles. The third-order valence-corrected chi connectivity index (χ3v) is 3.96. The minimum atomic E-state index is 0.129. The molecule has 2 aromatic rings. The number of fused-ring (bicyclic) bond motifs is 1. The zero-order valence-electron chi connectivity index (χ0n) is 10.8. The average molecular weight is 264 g/mol. The Morgan fingerprint density at radius 1 is 1.28 bits per heavy atom. The van der Waals surface area contributed by atoms with Crippen LogP contribution in [0.3, 0.4) is 0 Å². The molecule has 98 valence electrons. The van der Waals surface area contributed by atoms with Crippen LogP contribution in [0.25, 0.3) is 10.1 Å². The third-order valence-electron chi connectivity index (χ3n) is 3.08. The summed E-state index contributed by atoms with van der Waals surface area (Å²) in [4.78, 5) is 12.1. The Morgan fingerprint density at radius 3 is 3.00 bits per heavy atom. The molecule has 0 radical (unpaired) electrons.